The van der Waals surface area contributed by atoms with Crippen LogP contribution in [0.15, 0.2) is 0 Å². The molecule has 2 fully saturated rings. The lowest BCUT2D eigenvalue weighted by Gasteiger charge is -2.45. The van der Waals surface area contributed by atoms with E-state index < -0.39 is 0 Å². The third kappa shape index (κ3) is 3.81. The fourth-order valence-electron chi connectivity index (χ4n) is 3.06. The molecule has 3 rings (SSSR count). The third-order valence-corrected chi connectivity index (χ3v) is 5.74. The van der Waals surface area contributed by atoms with Gasteiger partial charge in [-0.2, -0.15) is 0 Å². The number of ether oxygens (including phenoxy) is 1. The molecule has 2 saturated heterocycles. The van der Waals surface area contributed by atoms with Crippen LogP contribution in [0.25, 0.3) is 0 Å². The predicted molar refractivity (Wildman–Crippen MR) is 88.6 cm³/mol. The van der Waals surface area contributed by atoms with Gasteiger partial charge in [-0.25, -0.2) is 4.79 Å². The normalized spacial score (nSPS) is 25.5. The number of rotatable bonds is 3. The summed E-state index contributed by atoms with van der Waals surface area (Å²) in [6.07, 6.45) is 1.16. The van der Waals surface area contributed by atoms with Crippen molar-refractivity contribution in [2.75, 3.05) is 33.3 Å². The zero-order valence-corrected chi connectivity index (χ0v) is 14.8. The zero-order valence-electron chi connectivity index (χ0n) is 14.0. The number of fused-ring (bicyclic) bond motifs is 1. The summed E-state index contributed by atoms with van der Waals surface area (Å²) in [6.45, 7) is 7.82. The molecule has 0 spiro atoms. The molecule has 0 radical (unpaired) electrons. The number of hydrogen-bond acceptors (Lipinski definition) is 6. The number of amides is 2. The van der Waals surface area contributed by atoms with Gasteiger partial charge in [-0.05, 0) is 13.5 Å². The summed E-state index contributed by atoms with van der Waals surface area (Å²) in [6, 6.07) is 0.279. The van der Waals surface area contributed by atoms with Crippen molar-refractivity contribution in [2.24, 2.45) is 0 Å². The number of likely N-dealkylation sites (N-methyl/N-ethyl adjacent to an activating group) is 1. The molecule has 1 aromatic rings. The lowest BCUT2D eigenvalue weighted by atomic mass is 9.99. The average Bonchev–Trinajstić information content (AvgIpc) is 3.02. The minimum Gasteiger partial charge on any atom is -0.375 e. The lowest BCUT2D eigenvalue weighted by Crippen LogP contribution is -2.60. The highest BCUT2D eigenvalue weighted by molar-refractivity contribution is 7.11. The van der Waals surface area contributed by atoms with Gasteiger partial charge in [0.25, 0.3) is 0 Å². The number of nitrogens with one attached hydrogen (secondary N) is 1. The van der Waals surface area contributed by atoms with Crippen LogP contribution in [0.5, 0.6) is 0 Å². The highest BCUT2D eigenvalue weighted by atomic mass is 32.1. The number of carbonyl (C=O) groups excluding carboxylic acids is 1. The van der Waals surface area contributed by atoms with Crippen LogP contribution in [0.1, 0.15) is 36.2 Å². The molecule has 0 unspecified atom stereocenters. The number of nitrogens with zero attached hydrogens (tertiary/aromatic N) is 4. The van der Waals surface area contributed by atoms with Crippen molar-refractivity contribution in [1.82, 2.24) is 25.3 Å². The Bertz CT molecular complexity index is 550. The second-order valence-corrected chi connectivity index (χ2v) is 7.63. The van der Waals surface area contributed by atoms with E-state index in [-0.39, 0.29) is 12.1 Å². The molecule has 0 aliphatic carbocycles. The summed E-state index contributed by atoms with van der Waals surface area (Å²) in [5, 5.41) is 13.1. The Labute approximate surface area is 141 Å². The Hall–Kier alpha value is -1.25. The minimum absolute atomic E-state index is 0.0243. The second kappa shape index (κ2) is 7.11. The number of piperidine rings is 1. The van der Waals surface area contributed by atoms with Crippen LogP contribution < -0.4 is 5.32 Å². The van der Waals surface area contributed by atoms with Crippen LogP contribution in [0.3, 0.4) is 0 Å². The van der Waals surface area contributed by atoms with Crippen molar-refractivity contribution < 1.29 is 9.53 Å². The van der Waals surface area contributed by atoms with Gasteiger partial charge in [0.15, 0.2) is 0 Å². The first-order chi connectivity index (χ1) is 11.0. The van der Waals surface area contributed by atoms with Crippen LogP contribution in [0, 0.1) is 0 Å². The minimum atomic E-state index is -0.0243. The van der Waals surface area contributed by atoms with E-state index in [1.165, 1.54) is 0 Å². The Balaban J connectivity index is 1.52. The smallest absolute Gasteiger partial charge is 0.317 e. The summed E-state index contributed by atoms with van der Waals surface area (Å²) in [5.74, 6) is 0.373. The Morgan fingerprint density at radius 3 is 3.00 bits per heavy atom. The third-order valence-electron chi connectivity index (χ3n) is 4.52. The van der Waals surface area contributed by atoms with E-state index in [0.717, 1.165) is 42.7 Å². The van der Waals surface area contributed by atoms with E-state index in [4.69, 9.17) is 4.74 Å². The summed E-state index contributed by atoms with van der Waals surface area (Å²) in [7, 11) is 2.11. The van der Waals surface area contributed by atoms with Crippen molar-refractivity contribution in [3.05, 3.63) is 10.0 Å². The van der Waals surface area contributed by atoms with Crippen LogP contribution in [0.4, 0.5) is 4.79 Å². The van der Waals surface area contributed by atoms with Gasteiger partial charge in [-0.15, -0.1) is 10.2 Å². The number of carbonyl (C=O) groups is 1. The number of aromatic nitrogens is 2. The Morgan fingerprint density at radius 1 is 1.43 bits per heavy atom. The largest absolute Gasteiger partial charge is 0.375 e. The van der Waals surface area contributed by atoms with Gasteiger partial charge < -0.3 is 15.0 Å². The average molecular weight is 339 g/mol. The molecule has 0 bridgehead atoms. The molecule has 7 nitrogen and oxygen atoms in total. The van der Waals surface area contributed by atoms with Crippen LogP contribution in [-0.2, 0) is 11.3 Å². The first-order valence-corrected chi connectivity index (χ1v) is 9.03. The summed E-state index contributed by atoms with van der Waals surface area (Å²) >= 11 is 1.56. The molecule has 1 N–H and O–H groups in total. The SMILES string of the molecule is CC(C)c1nnc(CNC(=O)N2CC[C@@H]3OCCN(C)[C@H]3C2)s1. The lowest BCUT2D eigenvalue weighted by molar-refractivity contribution is -0.0881. The predicted octanol–water partition coefficient (Wildman–Crippen LogP) is 1.28. The molecular formula is C15H25N5O2S. The molecule has 1 aromatic heterocycles. The van der Waals surface area contributed by atoms with E-state index in [1.807, 2.05) is 4.90 Å². The van der Waals surface area contributed by atoms with Crippen LogP contribution >= 0.6 is 11.3 Å². The molecule has 0 saturated carbocycles. The Kier molecular flexibility index (Phi) is 5.13. The van der Waals surface area contributed by atoms with Gasteiger partial charge in [-0.1, -0.05) is 25.2 Å². The van der Waals surface area contributed by atoms with Gasteiger partial charge in [0, 0.05) is 25.6 Å². The summed E-state index contributed by atoms with van der Waals surface area (Å²) in [5.41, 5.74) is 0. The molecule has 8 heteroatoms. The van der Waals surface area contributed by atoms with Gasteiger partial charge in [-0.3, -0.25) is 4.90 Å². The van der Waals surface area contributed by atoms with Crippen molar-refractivity contribution in [2.45, 2.75) is 44.9 Å². The van der Waals surface area contributed by atoms with Crippen molar-refractivity contribution >= 4 is 17.4 Å². The fraction of sp³-hybridized carbons (Fsp3) is 0.800. The Morgan fingerprint density at radius 2 is 2.26 bits per heavy atom. The van der Waals surface area contributed by atoms with Gasteiger partial charge in [0.05, 0.1) is 25.3 Å². The first-order valence-electron chi connectivity index (χ1n) is 8.21. The quantitative estimate of drug-likeness (QED) is 0.898. The number of likely N-dealkylation sites (tertiary alicyclic amines) is 1. The highest BCUT2D eigenvalue weighted by Gasteiger charge is 2.36. The molecule has 2 aliphatic rings. The van der Waals surface area contributed by atoms with Crippen molar-refractivity contribution in [3.8, 4) is 0 Å². The van der Waals surface area contributed by atoms with Crippen LogP contribution in [0.2, 0.25) is 0 Å². The van der Waals surface area contributed by atoms with E-state index in [9.17, 15) is 4.79 Å². The van der Waals surface area contributed by atoms with Gasteiger partial charge >= 0.3 is 6.03 Å². The maximum Gasteiger partial charge on any atom is 0.317 e. The summed E-state index contributed by atoms with van der Waals surface area (Å²) < 4.78 is 5.82. The maximum atomic E-state index is 12.4. The monoisotopic (exact) mass is 339 g/mol. The molecule has 2 amide bonds. The van der Waals surface area contributed by atoms with Gasteiger partial charge in [0.2, 0.25) is 0 Å². The summed E-state index contributed by atoms with van der Waals surface area (Å²) in [4.78, 5) is 16.6. The van der Waals surface area contributed by atoms with E-state index in [1.54, 1.807) is 11.3 Å². The standard InChI is InChI=1S/C15H25N5O2S/c1-10(2)14-18-17-13(23-14)8-16-15(21)20-5-4-12-11(9-20)19(3)6-7-22-12/h10-12H,4-9H2,1-3H3,(H,16,21)/t11-,12-/m0/s1. The van der Waals surface area contributed by atoms with E-state index in [2.05, 4.69) is 41.3 Å². The maximum absolute atomic E-state index is 12.4. The molecule has 23 heavy (non-hydrogen) atoms. The zero-order chi connectivity index (χ0) is 16.4. The molecule has 128 valence electrons. The molecular weight excluding hydrogens is 314 g/mol. The fourth-order valence-corrected chi connectivity index (χ4v) is 3.85. The molecule has 3 heterocycles. The van der Waals surface area contributed by atoms with Crippen molar-refractivity contribution in [3.63, 3.8) is 0 Å². The van der Waals surface area contributed by atoms with E-state index >= 15 is 0 Å². The van der Waals surface area contributed by atoms with Gasteiger partial charge in [0.1, 0.15) is 10.0 Å². The number of urea groups is 1. The van der Waals surface area contributed by atoms with Crippen LogP contribution in [-0.4, -0.2) is 71.5 Å². The highest BCUT2D eigenvalue weighted by Crippen LogP contribution is 2.22. The van der Waals surface area contributed by atoms with Crippen molar-refractivity contribution in [1.29, 1.82) is 0 Å². The number of morpholine rings is 1. The molecule has 0 aromatic carbocycles. The molecule has 2 aliphatic heterocycles. The topological polar surface area (TPSA) is 70.6 Å². The second-order valence-electron chi connectivity index (χ2n) is 6.54. The molecule has 2 atom stereocenters. The van der Waals surface area contributed by atoms with E-state index in [0.29, 0.717) is 18.5 Å². The first kappa shape index (κ1) is 16.6. The number of hydrogen-bond donors (Lipinski definition) is 1.